The van der Waals surface area contributed by atoms with Crippen LogP contribution >= 0.6 is 0 Å². The van der Waals surface area contributed by atoms with Crippen molar-refractivity contribution in [3.8, 4) is 6.07 Å². The molecule has 0 bridgehead atoms. The fraction of sp³-hybridized carbons (Fsp3) is 0.333. The van der Waals surface area contributed by atoms with Crippen molar-refractivity contribution in [3.63, 3.8) is 0 Å². The number of amides is 2. The Morgan fingerprint density at radius 3 is 2.85 bits per heavy atom. The van der Waals surface area contributed by atoms with Gasteiger partial charge in [0.25, 0.3) is 5.91 Å². The van der Waals surface area contributed by atoms with Crippen LogP contribution in [0.5, 0.6) is 0 Å². The number of carbonyl (C=O) groups is 3. The summed E-state index contributed by atoms with van der Waals surface area (Å²) >= 11 is 0. The molecular weight excluding hydrogens is 336 g/mol. The number of carbonyl (C=O) groups excluding carboxylic acids is 3. The van der Waals surface area contributed by atoms with Crippen molar-refractivity contribution in [1.29, 1.82) is 5.26 Å². The number of hydrogen-bond acceptors (Lipinski definition) is 5. The molecule has 26 heavy (non-hydrogen) atoms. The molecule has 1 aliphatic rings. The van der Waals surface area contributed by atoms with Gasteiger partial charge in [-0.1, -0.05) is 0 Å². The predicted molar refractivity (Wildman–Crippen MR) is 92.4 cm³/mol. The van der Waals surface area contributed by atoms with Crippen molar-refractivity contribution in [2.45, 2.75) is 25.4 Å². The van der Waals surface area contributed by atoms with Crippen LogP contribution in [-0.4, -0.2) is 53.1 Å². The molecular formula is C18H18N4O4. The molecule has 1 saturated heterocycles. The summed E-state index contributed by atoms with van der Waals surface area (Å²) < 4.78 is 6.05. The van der Waals surface area contributed by atoms with Gasteiger partial charge in [-0.2, -0.15) is 5.26 Å². The number of nitrogens with zero attached hydrogens (tertiary/aromatic N) is 3. The first kappa shape index (κ1) is 17.5. The van der Waals surface area contributed by atoms with Crippen LogP contribution in [0.1, 0.15) is 23.7 Å². The standard InChI is InChI=1S/C18H18N4O4/c1-11-9-14(17(24)21(11)8-6-19)20-16(23)13-3-4-15-12(10-13)5-7-22(15)18(25)26-2/h3-5,7,10-11,14H,8-9H2,1-2H3,(H,20,23). The first-order chi connectivity index (χ1) is 12.5. The molecule has 1 aromatic heterocycles. The van der Waals surface area contributed by atoms with Gasteiger partial charge in [0.05, 0.1) is 18.7 Å². The van der Waals surface area contributed by atoms with Crippen molar-refractivity contribution >= 4 is 28.8 Å². The number of likely N-dealkylation sites (tertiary alicyclic amines) is 1. The van der Waals surface area contributed by atoms with Gasteiger partial charge in [-0.05, 0) is 37.6 Å². The summed E-state index contributed by atoms with van der Waals surface area (Å²) in [4.78, 5) is 38.0. The Morgan fingerprint density at radius 1 is 1.38 bits per heavy atom. The number of rotatable bonds is 3. The lowest BCUT2D eigenvalue weighted by Crippen LogP contribution is -2.41. The second-order valence-electron chi connectivity index (χ2n) is 6.16. The Labute approximate surface area is 149 Å². The van der Waals surface area contributed by atoms with E-state index in [9.17, 15) is 14.4 Å². The zero-order chi connectivity index (χ0) is 18.8. The second kappa shape index (κ2) is 6.88. The molecule has 134 valence electrons. The zero-order valence-electron chi connectivity index (χ0n) is 14.4. The normalized spacial score (nSPS) is 19.4. The maximum absolute atomic E-state index is 12.5. The zero-order valence-corrected chi connectivity index (χ0v) is 14.4. The first-order valence-electron chi connectivity index (χ1n) is 8.14. The number of benzene rings is 1. The van der Waals surface area contributed by atoms with E-state index < -0.39 is 12.1 Å². The van der Waals surface area contributed by atoms with E-state index in [2.05, 4.69) is 5.32 Å². The summed E-state index contributed by atoms with van der Waals surface area (Å²) in [6.07, 6.45) is 1.52. The van der Waals surface area contributed by atoms with E-state index in [4.69, 9.17) is 10.00 Å². The Balaban J connectivity index is 1.78. The Hall–Kier alpha value is -3.34. The van der Waals surface area contributed by atoms with Crippen molar-refractivity contribution in [2.24, 2.45) is 0 Å². The highest BCUT2D eigenvalue weighted by molar-refractivity contribution is 6.01. The number of nitrogens with one attached hydrogen (secondary N) is 1. The van der Waals surface area contributed by atoms with Crippen molar-refractivity contribution < 1.29 is 19.1 Å². The number of methoxy groups -OCH3 is 1. The number of hydrogen-bond donors (Lipinski definition) is 1. The molecule has 2 heterocycles. The van der Waals surface area contributed by atoms with E-state index in [1.54, 1.807) is 30.5 Å². The molecule has 2 aromatic rings. The van der Waals surface area contributed by atoms with Crippen LogP contribution in [0.25, 0.3) is 10.9 Å². The van der Waals surface area contributed by atoms with Gasteiger partial charge in [0.15, 0.2) is 0 Å². The van der Waals surface area contributed by atoms with Crippen molar-refractivity contribution in [2.75, 3.05) is 13.7 Å². The fourth-order valence-electron chi connectivity index (χ4n) is 3.20. The lowest BCUT2D eigenvalue weighted by Gasteiger charge is -2.17. The van der Waals surface area contributed by atoms with E-state index in [1.165, 1.54) is 16.6 Å². The third-order valence-electron chi connectivity index (χ3n) is 4.56. The summed E-state index contributed by atoms with van der Waals surface area (Å²) in [6.45, 7) is 1.86. The minimum absolute atomic E-state index is 0.0133. The highest BCUT2D eigenvalue weighted by Crippen LogP contribution is 2.21. The smallest absolute Gasteiger partial charge is 0.418 e. The molecule has 2 amide bonds. The van der Waals surface area contributed by atoms with E-state index in [-0.39, 0.29) is 24.4 Å². The van der Waals surface area contributed by atoms with Crippen LogP contribution in [0.4, 0.5) is 4.79 Å². The summed E-state index contributed by atoms with van der Waals surface area (Å²) in [5.74, 6) is -0.618. The number of ether oxygens (including phenoxy) is 1. The SMILES string of the molecule is COC(=O)n1ccc2cc(C(=O)NC3CC(C)N(CC#N)C3=O)ccc21. The molecule has 0 saturated carbocycles. The molecule has 0 spiro atoms. The quantitative estimate of drug-likeness (QED) is 0.841. The van der Waals surface area contributed by atoms with E-state index >= 15 is 0 Å². The van der Waals surface area contributed by atoms with Gasteiger partial charge < -0.3 is 15.0 Å². The Morgan fingerprint density at radius 2 is 2.15 bits per heavy atom. The fourth-order valence-corrected chi connectivity index (χ4v) is 3.20. The lowest BCUT2D eigenvalue weighted by atomic mass is 10.1. The molecule has 0 radical (unpaired) electrons. The van der Waals surface area contributed by atoms with Crippen LogP contribution in [0.3, 0.4) is 0 Å². The van der Waals surface area contributed by atoms with Crippen LogP contribution in [0.15, 0.2) is 30.5 Å². The molecule has 0 aliphatic carbocycles. The van der Waals surface area contributed by atoms with E-state index in [0.29, 0.717) is 22.9 Å². The molecule has 3 rings (SSSR count). The third kappa shape index (κ3) is 2.99. The average Bonchev–Trinajstić information content (AvgIpc) is 3.17. The minimum atomic E-state index is -0.638. The molecule has 8 nitrogen and oxygen atoms in total. The Bertz CT molecular complexity index is 927. The highest BCUT2D eigenvalue weighted by Gasteiger charge is 2.37. The summed E-state index contributed by atoms with van der Waals surface area (Å²) in [7, 11) is 1.30. The maximum atomic E-state index is 12.5. The van der Waals surface area contributed by atoms with Crippen LogP contribution in [0.2, 0.25) is 0 Å². The monoisotopic (exact) mass is 354 g/mol. The number of nitriles is 1. The summed E-state index contributed by atoms with van der Waals surface area (Å²) in [6, 6.07) is 7.84. The molecule has 1 fully saturated rings. The van der Waals surface area contributed by atoms with Gasteiger partial charge in [-0.15, -0.1) is 0 Å². The van der Waals surface area contributed by atoms with Gasteiger partial charge in [-0.25, -0.2) is 4.79 Å². The molecule has 1 aliphatic heterocycles. The topological polar surface area (TPSA) is 104 Å². The maximum Gasteiger partial charge on any atom is 0.418 e. The summed E-state index contributed by atoms with van der Waals surface area (Å²) in [5.41, 5.74) is 1.01. The predicted octanol–water partition coefficient (Wildman–Crippen LogP) is 1.50. The molecule has 1 N–H and O–H groups in total. The molecule has 8 heteroatoms. The number of aromatic nitrogens is 1. The first-order valence-corrected chi connectivity index (χ1v) is 8.14. The molecule has 2 unspecified atom stereocenters. The van der Waals surface area contributed by atoms with Gasteiger partial charge in [0.2, 0.25) is 5.91 Å². The van der Waals surface area contributed by atoms with Gasteiger partial charge in [0, 0.05) is 23.2 Å². The largest absolute Gasteiger partial charge is 0.452 e. The van der Waals surface area contributed by atoms with Crippen molar-refractivity contribution in [1.82, 2.24) is 14.8 Å². The van der Waals surface area contributed by atoms with Crippen molar-refractivity contribution in [3.05, 3.63) is 36.0 Å². The average molecular weight is 354 g/mol. The van der Waals surface area contributed by atoms with Gasteiger partial charge >= 0.3 is 6.09 Å². The van der Waals surface area contributed by atoms with E-state index in [0.717, 1.165) is 0 Å². The van der Waals surface area contributed by atoms with E-state index in [1.807, 2.05) is 13.0 Å². The second-order valence-corrected chi connectivity index (χ2v) is 6.16. The minimum Gasteiger partial charge on any atom is -0.452 e. The van der Waals surface area contributed by atoms with Crippen LogP contribution in [-0.2, 0) is 9.53 Å². The summed E-state index contributed by atoms with van der Waals surface area (Å²) in [5, 5.41) is 12.2. The number of fused-ring (bicyclic) bond motifs is 1. The molecule has 2 atom stereocenters. The highest BCUT2D eigenvalue weighted by atomic mass is 16.5. The Kier molecular flexibility index (Phi) is 4.63. The van der Waals surface area contributed by atoms with Gasteiger partial charge in [-0.3, -0.25) is 14.2 Å². The molecule has 1 aromatic carbocycles. The van der Waals surface area contributed by atoms with Crippen LogP contribution < -0.4 is 5.32 Å². The van der Waals surface area contributed by atoms with Crippen LogP contribution in [0, 0.1) is 11.3 Å². The van der Waals surface area contributed by atoms with Gasteiger partial charge in [0.1, 0.15) is 12.6 Å². The lowest BCUT2D eigenvalue weighted by molar-refractivity contribution is -0.129. The third-order valence-corrected chi connectivity index (χ3v) is 4.56.